The van der Waals surface area contributed by atoms with E-state index in [1.807, 2.05) is 13.2 Å². The predicted molar refractivity (Wildman–Crippen MR) is 96.8 cm³/mol. The highest BCUT2D eigenvalue weighted by Crippen LogP contribution is 2.30. The molecule has 22 heavy (non-hydrogen) atoms. The molecule has 0 atom stereocenters. The molecule has 0 aliphatic heterocycles. The Bertz CT molecular complexity index is 925. The summed E-state index contributed by atoms with van der Waals surface area (Å²) in [5.41, 5.74) is 0.922. The summed E-state index contributed by atoms with van der Waals surface area (Å²) in [6.07, 6.45) is 1.94. The smallest absolute Gasteiger partial charge is 0.148 e. The third kappa shape index (κ3) is 3.54. The van der Waals surface area contributed by atoms with Gasteiger partial charge in [-0.3, -0.25) is 4.99 Å². The van der Waals surface area contributed by atoms with E-state index in [2.05, 4.69) is 27.1 Å². The van der Waals surface area contributed by atoms with Crippen LogP contribution < -0.4 is 9.34 Å². The molecule has 0 N–H and O–H groups in total. The normalized spacial score (nSPS) is 13.2. The van der Waals surface area contributed by atoms with E-state index in [1.54, 1.807) is 7.05 Å². The van der Waals surface area contributed by atoms with Gasteiger partial charge in [0.25, 0.3) is 0 Å². The quantitative estimate of drug-likeness (QED) is 0.448. The lowest BCUT2D eigenvalue weighted by Gasteiger charge is -1.92. The number of hydrogen-bond donors (Lipinski definition) is 0. The lowest BCUT2D eigenvalue weighted by atomic mass is 10.4. The molecule has 0 aromatic carbocycles. The maximum atomic E-state index is 9.38. The summed E-state index contributed by atoms with van der Waals surface area (Å²) < 4.78 is 1.26. The highest BCUT2D eigenvalue weighted by molar-refractivity contribution is 8.13. The van der Waals surface area contributed by atoms with Crippen LogP contribution in [0, 0.1) is 22.7 Å². The van der Waals surface area contributed by atoms with Crippen molar-refractivity contribution in [3.05, 3.63) is 20.5 Å². The Morgan fingerprint density at radius 2 is 1.59 bits per heavy atom. The Kier molecular flexibility index (Phi) is 6.06. The van der Waals surface area contributed by atoms with E-state index in [4.69, 9.17) is 0 Å². The number of hydrogen-bond acceptors (Lipinski definition) is 10. The molecule has 5 nitrogen and oxygen atoms in total. The molecular formula is C12H9N5S5. The van der Waals surface area contributed by atoms with Crippen LogP contribution in [-0.2, 0) is 0 Å². The maximum Gasteiger partial charge on any atom is 0.148 e. The second-order valence-electron chi connectivity index (χ2n) is 3.70. The van der Waals surface area contributed by atoms with E-state index in [-0.39, 0.29) is 0 Å². The lowest BCUT2D eigenvalue weighted by molar-refractivity contribution is 1.30. The fraction of sp³-hybridized carbons (Fsp3) is 0.250. The van der Waals surface area contributed by atoms with Crippen molar-refractivity contribution in [1.82, 2.24) is 0 Å². The Hall–Kier alpha value is -1.30. The average molecular weight is 384 g/mol. The molecule has 10 heteroatoms. The Labute approximate surface area is 146 Å². The van der Waals surface area contributed by atoms with Crippen LogP contribution >= 0.6 is 53.1 Å². The predicted octanol–water partition coefficient (Wildman–Crippen LogP) is 3.85. The summed E-state index contributed by atoms with van der Waals surface area (Å²) in [4.78, 5) is 13.0. The fourth-order valence-electron chi connectivity index (χ4n) is 1.35. The summed E-state index contributed by atoms with van der Waals surface area (Å²) in [6.45, 7) is 1.90. The maximum absolute atomic E-state index is 9.38. The van der Waals surface area contributed by atoms with E-state index in [0.717, 1.165) is 5.04 Å². The molecule has 0 amide bonds. The van der Waals surface area contributed by atoms with Crippen molar-refractivity contribution < 1.29 is 0 Å². The van der Waals surface area contributed by atoms with E-state index in [1.165, 1.54) is 53.1 Å². The van der Waals surface area contributed by atoms with Crippen molar-refractivity contribution in [3.63, 3.8) is 0 Å². The van der Waals surface area contributed by atoms with Crippen LogP contribution in [-0.4, -0.2) is 18.3 Å². The molecule has 2 rings (SSSR count). The van der Waals surface area contributed by atoms with Crippen molar-refractivity contribution >= 4 is 68.2 Å². The van der Waals surface area contributed by atoms with E-state index < -0.39 is 0 Å². The highest BCUT2D eigenvalue weighted by atomic mass is 32.9. The van der Waals surface area contributed by atoms with E-state index in [9.17, 15) is 10.5 Å². The van der Waals surface area contributed by atoms with Crippen LogP contribution in [0.15, 0.2) is 15.0 Å². The van der Waals surface area contributed by atoms with Gasteiger partial charge in [-0.2, -0.15) is 10.5 Å². The number of nitrogens with zero attached hydrogens (tertiary/aromatic N) is 5. The van der Waals surface area contributed by atoms with Crippen LogP contribution in [0.25, 0.3) is 0 Å². The largest absolute Gasteiger partial charge is 0.276 e. The summed E-state index contributed by atoms with van der Waals surface area (Å²) in [6, 6.07) is 4.29. The molecule has 0 saturated heterocycles. The standard InChI is InChI=1S/C12H9N5S5/c1-6(18-3)16-10-8(5-14)12(22-20-10)17-11-7(4-13)9(15-2)19-21-11/h1-3H3/b15-9?,16-6?,17-12-. The van der Waals surface area contributed by atoms with Crippen LogP contribution in [0.2, 0.25) is 0 Å². The molecule has 0 aliphatic rings. The number of rotatable bonds is 2. The first-order valence-corrected chi connectivity index (χ1v) is 11.3. The summed E-state index contributed by atoms with van der Waals surface area (Å²) in [5, 5.41) is 20.8. The summed E-state index contributed by atoms with van der Waals surface area (Å²) in [5.74, 6) is 0. The van der Waals surface area contributed by atoms with Gasteiger partial charge in [0.1, 0.15) is 42.6 Å². The molecule has 112 valence electrons. The van der Waals surface area contributed by atoms with E-state index >= 15 is 0 Å². The van der Waals surface area contributed by atoms with Crippen molar-refractivity contribution in [2.75, 3.05) is 13.3 Å². The van der Waals surface area contributed by atoms with Crippen LogP contribution in [0.4, 0.5) is 10.0 Å². The third-order valence-electron chi connectivity index (χ3n) is 2.44. The van der Waals surface area contributed by atoms with Gasteiger partial charge in [0.05, 0.1) is 5.04 Å². The first-order chi connectivity index (χ1) is 10.6. The zero-order chi connectivity index (χ0) is 16.1. The molecule has 0 spiro atoms. The first-order valence-electron chi connectivity index (χ1n) is 5.77. The van der Waals surface area contributed by atoms with E-state index in [0.29, 0.717) is 30.5 Å². The molecule has 2 aromatic heterocycles. The number of aliphatic imine (C=N–C) groups is 1. The van der Waals surface area contributed by atoms with Gasteiger partial charge in [0.15, 0.2) is 0 Å². The second kappa shape index (κ2) is 7.81. The summed E-state index contributed by atoms with van der Waals surface area (Å²) >= 11 is 1.53. The number of nitriles is 2. The second-order valence-corrected chi connectivity index (χ2v) is 8.91. The molecule has 0 unspecified atom stereocenters. The lowest BCUT2D eigenvalue weighted by Crippen LogP contribution is -2.00. The Morgan fingerprint density at radius 1 is 1.00 bits per heavy atom. The molecule has 2 heterocycles. The van der Waals surface area contributed by atoms with Gasteiger partial charge in [-0.1, -0.05) is 41.4 Å². The topological polar surface area (TPSA) is 84.7 Å². The van der Waals surface area contributed by atoms with Crippen LogP contribution in [0.3, 0.4) is 0 Å². The first kappa shape index (κ1) is 17.1. The van der Waals surface area contributed by atoms with Crippen molar-refractivity contribution in [1.29, 1.82) is 10.5 Å². The van der Waals surface area contributed by atoms with Gasteiger partial charge >= 0.3 is 0 Å². The van der Waals surface area contributed by atoms with Crippen molar-refractivity contribution in [3.8, 4) is 12.1 Å². The molecule has 0 saturated carbocycles. The molecule has 0 fully saturated rings. The van der Waals surface area contributed by atoms with Gasteiger partial charge in [-0.15, -0.1) is 11.8 Å². The third-order valence-corrected chi connectivity index (χ3v) is 7.59. The molecule has 2 aromatic rings. The Balaban J connectivity index is 2.63. The zero-order valence-electron chi connectivity index (χ0n) is 11.8. The van der Waals surface area contributed by atoms with Gasteiger partial charge < -0.3 is 0 Å². The highest BCUT2D eigenvalue weighted by Gasteiger charge is 2.12. The average Bonchev–Trinajstić information content (AvgIpc) is 3.10. The molecule has 0 aliphatic carbocycles. The van der Waals surface area contributed by atoms with Crippen LogP contribution in [0.5, 0.6) is 0 Å². The SMILES string of the molecule is CN=c1ssc(/N=c2\ssc(N=C(C)SC)c2C#N)c1C#N. The van der Waals surface area contributed by atoms with Crippen molar-refractivity contribution in [2.45, 2.75) is 6.92 Å². The fourth-order valence-corrected chi connectivity index (χ4v) is 6.01. The minimum Gasteiger partial charge on any atom is -0.276 e. The minimum atomic E-state index is 0.459. The summed E-state index contributed by atoms with van der Waals surface area (Å²) in [7, 11) is 7.25. The van der Waals surface area contributed by atoms with Gasteiger partial charge in [0.2, 0.25) is 0 Å². The number of thioether (sulfide) groups is 1. The Morgan fingerprint density at radius 3 is 2.18 bits per heavy atom. The van der Waals surface area contributed by atoms with Crippen molar-refractivity contribution in [2.24, 2.45) is 15.0 Å². The monoisotopic (exact) mass is 383 g/mol. The zero-order valence-corrected chi connectivity index (χ0v) is 15.9. The van der Waals surface area contributed by atoms with Gasteiger partial charge in [-0.25, -0.2) is 9.98 Å². The molecule has 0 radical (unpaired) electrons. The van der Waals surface area contributed by atoms with Gasteiger partial charge in [0, 0.05) is 7.05 Å². The minimum absolute atomic E-state index is 0.459. The van der Waals surface area contributed by atoms with Gasteiger partial charge in [-0.05, 0) is 13.2 Å². The molecular weight excluding hydrogens is 375 g/mol. The van der Waals surface area contributed by atoms with Crippen LogP contribution in [0.1, 0.15) is 18.1 Å². The molecule has 0 bridgehead atoms.